The smallest absolute Gasteiger partial charge is 0.462 e. The number of carbonyl (C=O) groups excluding carboxylic acids is 2. The van der Waals surface area contributed by atoms with Gasteiger partial charge in [0.05, 0.1) is 19.3 Å². The number of phosphoric ester groups is 1. The van der Waals surface area contributed by atoms with Crippen LogP contribution in [0.15, 0.2) is 85.1 Å². The van der Waals surface area contributed by atoms with Crippen molar-refractivity contribution in [3.05, 3.63) is 85.1 Å². The molecule has 0 aliphatic rings. The van der Waals surface area contributed by atoms with Crippen molar-refractivity contribution in [3.63, 3.8) is 0 Å². The van der Waals surface area contributed by atoms with Crippen molar-refractivity contribution in [1.82, 2.24) is 0 Å². The van der Waals surface area contributed by atoms with Gasteiger partial charge in [-0.05, 0) is 83.5 Å². The molecule has 0 aliphatic carbocycles. The minimum absolute atomic E-state index is 0.0300. The Kier molecular flexibility index (Phi) is 38.3. The maximum Gasteiger partial charge on any atom is 0.472 e. The van der Waals surface area contributed by atoms with Crippen molar-refractivity contribution < 1.29 is 42.7 Å². The average molecular weight is 806 g/mol. The highest BCUT2D eigenvalue weighted by Crippen LogP contribution is 2.43. The van der Waals surface area contributed by atoms with Crippen LogP contribution in [0.25, 0.3) is 0 Å². The zero-order chi connectivity index (χ0) is 41.2. The van der Waals surface area contributed by atoms with E-state index in [0.29, 0.717) is 19.3 Å². The molecule has 56 heavy (non-hydrogen) atoms. The van der Waals surface area contributed by atoms with Gasteiger partial charge in [0, 0.05) is 19.4 Å². The molecule has 0 rings (SSSR count). The van der Waals surface area contributed by atoms with E-state index in [1.807, 2.05) is 24.3 Å². The molecule has 0 saturated heterocycles. The second-order valence-corrected chi connectivity index (χ2v) is 15.1. The molecule has 0 aromatic heterocycles. The highest BCUT2D eigenvalue weighted by Gasteiger charge is 2.25. The van der Waals surface area contributed by atoms with E-state index in [9.17, 15) is 24.2 Å². The van der Waals surface area contributed by atoms with E-state index in [-0.39, 0.29) is 38.7 Å². The van der Waals surface area contributed by atoms with Gasteiger partial charge in [-0.2, -0.15) is 0 Å². The monoisotopic (exact) mass is 806 g/mol. The van der Waals surface area contributed by atoms with Crippen LogP contribution in [0.1, 0.15) is 149 Å². The Bertz CT molecular complexity index is 1210. The molecule has 11 heteroatoms. The third kappa shape index (κ3) is 39.4. The number of hydrogen-bond acceptors (Lipinski definition) is 9. The lowest BCUT2D eigenvalue weighted by atomic mass is 10.1. The van der Waals surface area contributed by atoms with Gasteiger partial charge in [-0.25, -0.2) is 4.57 Å². The summed E-state index contributed by atoms with van der Waals surface area (Å²) in [6, 6.07) is 0. The zero-order valence-electron chi connectivity index (χ0n) is 34.7. The normalized spacial score (nSPS) is 14.7. The number of hydrogen-bond donors (Lipinski definition) is 3. The van der Waals surface area contributed by atoms with Gasteiger partial charge in [0.2, 0.25) is 0 Å². The molecule has 0 aromatic carbocycles. The maximum atomic E-state index is 12.6. The van der Waals surface area contributed by atoms with Crippen LogP contribution in [-0.2, 0) is 32.7 Å². The molecule has 1 unspecified atom stereocenters. The van der Waals surface area contributed by atoms with Gasteiger partial charge in [-0.1, -0.05) is 137 Å². The van der Waals surface area contributed by atoms with Crippen LogP contribution < -0.4 is 5.73 Å². The molecule has 0 spiro atoms. The first-order chi connectivity index (χ1) is 27.2. The van der Waals surface area contributed by atoms with Gasteiger partial charge in [-0.3, -0.25) is 18.6 Å². The first-order valence-electron chi connectivity index (χ1n) is 21.2. The minimum atomic E-state index is -4.41. The molecule has 0 heterocycles. The van der Waals surface area contributed by atoms with Crippen molar-refractivity contribution in [2.45, 2.75) is 161 Å². The van der Waals surface area contributed by atoms with E-state index >= 15 is 0 Å². The van der Waals surface area contributed by atoms with Crippen molar-refractivity contribution in [2.24, 2.45) is 5.73 Å². The molecule has 0 saturated carbocycles. The van der Waals surface area contributed by atoms with Gasteiger partial charge in [0.1, 0.15) is 6.61 Å². The summed E-state index contributed by atoms with van der Waals surface area (Å²) in [5.41, 5.74) is 5.33. The maximum absolute atomic E-state index is 12.6. The molecule has 4 N–H and O–H groups in total. The van der Waals surface area contributed by atoms with Crippen LogP contribution in [0.4, 0.5) is 0 Å². The lowest BCUT2D eigenvalue weighted by molar-refractivity contribution is -0.161. The Morgan fingerprint density at radius 3 is 1.68 bits per heavy atom. The molecule has 10 nitrogen and oxygen atoms in total. The average Bonchev–Trinajstić information content (AvgIpc) is 3.18. The lowest BCUT2D eigenvalue weighted by Crippen LogP contribution is -2.29. The molecule has 320 valence electrons. The lowest BCUT2D eigenvalue weighted by Gasteiger charge is -2.19. The van der Waals surface area contributed by atoms with Crippen molar-refractivity contribution in [1.29, 1.82) is 0 Å². The molecular weight excluding hydrogens is 729 g/mol. The topological polar surface area (TPSA) is 155 Å². The van der Waals surface area contributed by atoms with Gasteiger partial charge in [0.15, 0.2) is 6.10 Å². The molecule has 3 atom stereocenters. The van der Waals surface area contributed by atoms with Gasteiger partial charge in [-0.15, -0.1) is 0 Å². The Morgan fingerprint density at radius 2 is 1.11 bits per heavy atom. The summed E-state index contributed by atoms with van der Waals surface area (Å²) < 4.78 is 32.6. The Morgan fingerprint density at radius 1 is 0.607 bits per heavy atom. The number of allylic oxidation sites excluding steroid dienone is 13. The molecule has 0 aromatic rings. The Balaban J connectivity index is 4.36. The standard InChI is InChI=1S/C45H76NO9P/c1-3-5-7-8-9-10-11-12-13-14-15-16-20-23-26-29-32-36-44(48)52-40-43(41-54-56(50,51)53-39-38-46)55-45(49)37-33-30-27-24-21-18-17-19-22-25-28-31-35-42(47)34-6-4-2/h9-10,12-13,15-18,22,24-25,27,31,35,42-43,47H,3-8,11,14,19-21,23,26,28-30,32-34,36-41,46H2,1-2H3,(H,50,51)/b10-9-,13-12-,16-15-,18-17-,25-22-,27-24-,35-31-/t42-,43-/m1/s1. The number of unbranched alkanes of at least 4 members (excludes halogenated alkanes) is 9. The second-order valence-electron chi connectivity index (χ2n) is 13.7. The van der Waals surface area contributed by atoms with Crippen molar-refractivity contribution >= 4 is 19.8 Å². The summed E-state index contributed by atoms with van der Waals surface area (Å²) in [6.07, 6.45) is 46.7. The summed E-state index contributed by atoms with van der Waals surface area (Å²) in [5.74, 6) is -0.951. The number of nitrogens with two attached hydrogens (primary N) is 1. The van der Waals surface area contributed by atoms with Gasteiger partial charge < -0.3 is 25.2 Å². The highest BCUT2D eigenvalue weighted by atomic mass is 31.2. The molecule has 0 fully saturated rings. The molecule has 0 bridgehead atoms. The van der Waals surface area contributed by atoms with Crippen LogP contribution >= 0.6 is 7.82 Å². The van der Waals surface area contributed by atoms with E-state index in [1.165, 1.54) is 25.7 Å². The molecule has 0 radical (unpaired) electrons. The summed E-state index contributed by atoms with van der Waals surface area (Å²) in [5, 5.41) is 9.81. The fourth-order valence-electron chi connectivity index (χ4n) is 5.12. The number of rotatable bonds is 38. The minimum Gasteiger partial charge on any atom is -0.462 e. The van der Waals surface area contributed by atoms with Crippen LogP contribution in [0, 0.1) is 0 Å². The third-order valence-corrected chi connectivity index (χ3v) is 9.31. The number of phosphoric acid groups is 1. The first-order valence-corrected chi connectivity index (χ1v) is 22.6. The van der Waals surface area contributed by atoms with Crippen LogP contribution in [-0.4, -0.2) is 60.5 Å². The number of esters is 2. The predicted octanol–water partition coefficient (Wildman–Crippen LogP) is 11.0. The SMILES string of the molecule is CCCCC/C=C\C/C=C\C/C=C\CCCCCCC(=O)OC[C@H](COP(=O)(O)OCCN)OC(=O)CCC/C=C\C/C=C\C/C=C\C/C=C\[C@H](O)CCCC. The predicted molar refractivity (Wildman–Crippen MR) is 230 cm³/mol. The second kappa shape index (κ2) is 40.4. The van der Waals surface area contributed by atoms with E-state index < -0.39 is 32.5 Å². The molecule has 0 aliphatic heterocycles. The third-order valence-electron chi connectivity index (χ3n) is 8.32. The van der Waals surface area contributed by atoms with Crippen LogP contribution in [0.2, 0.25) is 0 Å². The quantitative estimate of drug-likeness (QED) is 0.0238. The number of ether oxygens (including phenoxy) is 2. The summed E-state index contributed by atoms with van der Waals surface area (Å²) >= 11 is 0. The van der Waals surface area contributed by atoms with Crippen LogP contribution in [0.3, 0.4) is 0 Å². The molecular formula is C45H76NO9P. The number of aliphatic hydroxyl groups is 1. The fraction of sp³-hybridized carbons (Fsp3) is 0.644. The number of carbonyl (C=O) groups is 2. The largest absolute Gasteiger partial charge is 0.472 e. The summed E-state index contributed by atoms with van der Waals surface area (Å²) in [6.45, 7) is 3.42. The van der Waals surface area contributed by atoms with E-state index in [1.54, 1.807) is 0 Å². The van der Waals surface area contributed by atoms with E-state index in [0.717, 1.165) is 77.0 Å². The molecule has 0 amide bonds. The summed E-state index contributed by atoms with van der Waals surface area (Å²) in [4.78, 5) is 34.8. The Hall–Kier alpha value is -2.85. The van der Waals surface area contributed by atoms with Gasteiger partial charge in [0.25, 0.3) is 0 Å². The Labute approximate surface area is 339 Å². The van der Waals surface area contributed by atoms with Crippen LogP contribution in [0.5, 0.6) is 0 Å². The van der Waals surface area contributed by atoms with Gasteiger partial charge >= 0.3 is 19.8 Å². The van der Waals surface area contributed by atoms with E-state index in [4.69, 9.17) is 24.3 Å². The van der Waals surface area contributed by atoms with E-state index in [2.05, 4.69) is 74.6 Å². The van der Waals surface area contributed by atoms with Crippen molar-refractivity contribution in [3.8, 4) is 0 Å². The zero-order valence-corrected chi connectivity index (χ0v) is 35.6. The van der Waals surface area contributed by atoms with Crippen molar-refractivity contribution in [2.75, 3.05) is 26.4 Å². The number of aliphatic hydroxyl groups excluding tert-OH is 1. The first kappa shape index (κ1) is 53.1. The fourth-order valence-corrected chi connectivity index (χ4v) is 5.89. The summed E-state index contributed by atoms with van der Waals surface area (Å²) in [7, 11) is -4.41. The highest BCUT2D eigenvalue weighted by molar-refractivity contribution is 7.47.